The lowest BCUT2D eigenvalue weighted by molar-refractivity contribution is -0.143. The van der Waals surface area contributed by atoms with Gasteiger partial charge in [0.2, 0.25) is 5.91 Å². The maximum atomic E-state index is 12.2. The average molecular weight is 337 g/mol. The number of amides is 1. The van der Waals surface area contributed by atoms with Crippen molar-refractivity contribution >= 4 is 23.9 Å². The zero-order valence-corrected chi connectivity index (χ0v) is 14.4. The van der Waals surface area contributed by atoms with E-state index in [0.717, 1.165) is 6.29 Å². The van der Waals surface area contributed by atoms with Crippen LogP contribution in [0.25, 0.3) is 0 Å². The summed E-state index contributed by atoms with van der Waals surface area (Å²) in [6.07, 6.45) is 7.10. The number of nitrogens with one attached hydrogen (secondary N) is 1. The summed E-state index contributed by atoms with van der Waals surface area (Å²) in [5.74, 6) is -1.65. The molecule has 2 N–H and O–H groups in total. The molecule has 0 spiro atoms. The highest BCUT2D eigenvalue weighted by atomic mass is 16.4. The number of carboxylic acids is 1. The molecule has 134 valence electrons. The van der Waals surface area contributed by atoms with Crippen LogP contribution in [0, 0.1) is 17.8 Å². The molecule has 0 saturated heterocycles. The molecule has 4 unspecified atom stereocenters. The lowest BCUT2D eigenvalue weighted by Crippen LogP contribution is -2.45. The first-order chi connectivity index (χ1) is 11.4. The maximum absolute atomic E-state index is 12.2. The molecule has 1 amide bonds. The molecule has 0 heterocycles. The average Bonchev–Trinajstić information content (AvgIpc) is 2.88. The molecular weight excluding hydrogens is 310 g/mol. The lowest BCUT2D eigenvalue weighted by Gasteiger charge is -2.22. The van der Waals surface area contributed by atoms with Crippen molar-refractivity contribution in [2.24, 2.45) is 17.8 Å². The van der Waals surface area contributed by atoms with E-state index in [1.807, 2.05) is 13.0 Å². The molecule has 4 atom stereocenters. The van der Waals surface area contributed by atoms with Crippen molar-refractivity contribution < 1.29 is 24.3 Å². The molecule has 24 heavy (non-hydrogen) atoms. The predicted molar refractivity (Wildman–Crippen MR) is 89.3 cm³/mol. The van der Waals surface area contributed by atoms with Gasteiger partial charge in [0.1, 0.15) is 18.1 Å². The van der Waals surface area contributed by atoms with Gasteiger partial charge in [-0.05, 0) is 24.7 Å². The number of rotatable bonds is 10. The first kappa shape index (κ1) is 20.1. The summed E-state index contributed by atoms with van der Waals surface area (Å²) in [7, 11) is 0. The second-order valence-electron chi connectivity index (χ2n) is 6.45. The van der Waals surface area contributed by atoms with Gasteiger partial charge in [-0.25, -0.2) is 4.79 Å². The van der Waals surface area contributed by atoms with Crippen molar-refractivity contribution in [3.05, 3.63) is 12.2 Å². The van der Waals surface area contributed by atoms with Gasteiger partial charge in [-0.1, -0.05) is 32.4 Å². The fraction of sp³-hybridized carbons (Fsp3) is 0.667. The van der Waals surface area contributed by atoms with Crippen molar-refractivity contribution in [1.29, 1.82) is 0 Å². The number of carbonyl (C=O) groups excluding carboxylic acids is 3. The minimum atomic E-state index is -1.03. The monoisotopic (exact) mass is 337 g/mol. The Bertz CT molecular complexity index is 500. The summed E-state index contributed by atoms with van der Waals surface area (Å²) >= 11 is 0. The first-order valence-corrected chi connectivity index (χ1v) is 8.54. The van der Waals surface area contributed by atoms with Gasteiger partial charge in [0.25, 0.3) is 0 Å². The number of carbonyl (C=O) groups is 4. The minimum absolute atomic E-state index is 0.0650. The quantitative estimate of drug-likeness (QED) is 0.470. The van der Waals surface area contributed by atoms with Crippen LogP contribution in [0.2, 0.25) is 0 Å². The van der Waals surface area contributed by atoms with E-state index in [-0.39, 0.29) is 35.9 Å². The van der Waals surface area contributed by atoms with Gasteiger partial charge in [-0.15, -0.1) is 0 Å². The predicted octanol–water partition coefficient (Wildman–Crippen LogP) is 2.12. The number of Topliss-reactive ketones (excluding diaryl/α,β-unsaturated/α-hetero) is 1. The van der Waals surface area contributed by atoms with Gasteiger partial charge in [-0.3, -0.25) is 9.59 Å². The van der Waals surface area contributed by atoms with E-state index in [1.165, 1.54) is 0 Å². The van der Waals surface area contributed by atoms with Crippen LogP contribution in [-0.4, -0.2) is 35.1 Å². The molecule has 0 aliphatic heterocycles. The van der Waals surface area contributed by atoms with E-state index in [0.29, 0.717) is 32.1 Å². The van der Waals surface area contributed by atoms with Crippen LogP contribution >= 0.6 is 0 Å². The highest BCUT2D eigenvalue weighted by Gasteiger charge is 2.35. The van der Waals surface area contributed by atoms with Crippen molar-refractivity contribution in [2.45, 2.75) is 58.4 Å². The molecular formula is C18H27NO5. The number of carboxylic acid groups (broad SMARTS) is 1. The third kappa shape index (κ3) is 5.91. The van der Waals surface area contributed by atoms with Crippen LogP contribution in [-0.2, 0) is 19.2 Å². The SMILES string of the molecule is CCC(C)C(NC(=O)CC1CCC(=O)C1CC=CCC=O)C(=O)O. The number of ketones is 1. The number of aldehydes is 1. The van der Waals surface area contributed by atoms with E-state index in [1.54, 1.807) is 13.0 Å². The Morgan fingerprint density at radius 3 is 2.67 bits per heavy atom. The Morgan fingerprint density at radius 1 is 1.38 bits per heavy atom. The topological polar surface area (TPSA) is 101 Å². The summed E-state index contributed by atoms with van der Waals surface area (Å²) in [4.78, 5) is 45.8. The van der Waals surface area contributed by atoms with E-state index < -0.39 is 12.0 Å². The lowest BCUT2D eigenvalue weighted by atomic mass is 9.89. The van der Waals surface area contributed by atoms with Crippen LogP contribution < -0.4 is 5.32 Å². The zero-order valence-electron chi connectivity index (χ0n) is 14.4. The third-order valence-corrected chi connectivity index (χ3v) is 4.78. The largest absolute Gasteiger partial charge is 0.480 e. The van der Waals surface area contributed by atoms with E-state index >= 15 is 0 Å². The van der Waals surface area contributed by atoms with Crippen molar-refractivity contribution in [3.8, 4) is 0 Å². The van der Waals surface area contributed by atoms with Gasteiger partial charge in [0, 0.05) is 25.2 Å². The maximum Gasteiger partial charge on any atom is 0.326 e. The van der Waals surface area contributed by atoms with E-state index in [9.17, 15) is 24.3 Å². The van der Waals surface area contributed by atoms with Crippen LogP contribution in [0.3, 0.4) is 0 Å². The Morgan fingerprint density at radius 2 is 2.08 bits per heavy atom. The molecule has 1 aliphatic carbocycles. The van der Waals surface area contributed by atoms with Gasteiger partial charge in [0.15, 0.2) is 0 Å². The van der Waals surface area contributed by atoms with Crippen LogP contribution in [0.1, 0.15) is 52.4 Å². The minimum Gasteiger partial charge on any atom is -0.480 e. The van der Waals surface area contributed by atoms with Gasteiger partial charge < -0.3 is 15.2 Å². The Balaban J connectivity index is 2.61. The molecule has 0 aromatic carbocycles. The van der Waals surface area contributed by atoms with Crippen molar-refractivity contribution in [3.63, 3.8) is 0 Å². The summed E-state index contributed by atoms with van der Waals surface area (Å²) < 4.78 is 0. The molecule has 6 nitrogen and oxygen atoms in total. The molecule has 1 saturated carbocycles. The molecule has 6 heteroatoms. The second-order valence-corrected chi connectivity index (χ2v) is 6.45. The van der Waals surface area contributed by atoms with E-state index in [2.05, 4.69) is 5.32 Å². The number of hydrogen-bond donors (Lipinski definition) is 2. The van der Waals surface area contributed by atoms with E-state index in [4.69, 9.17) is 0 Å². The number of aliphatic carboxylic acids is 1. The Kier molecular flexibility index (Phi) is 8.36. The first-order valence-electron chi connectivity index (χ1n) is 8.54. The zero-order chi connectivity index (χ0) is 18.1. The van der Waals surface area contributed by atoms with Crippen molar-refractivity contribution in [2.75, 3.05) is 0 Å². The van der Waals surface area contributed by atoms with Gasteiger partial charge in [-0.2, -0.15) is 0 Å². The molecule has 0 radical (unpaired) electrons. The number of allylic oxidation sites excluding steroid dienone is 2. The van der Waals surface area contributed by atoms with Crippen molar-refractivity contribution in [1.82, 2.24) is 5.32 Å². The smallest absolute Gasteiger partial charge is 0.326 e. The Labute approximate surface area is 142 Å². The number of hydrogen-bond acceptors (Lipinski definition) is 4. The standard InChI is InChI=1S/C18H27NO5/c1-3-12(2)17(18(23)24)19-16(22)11-13-8-9-15(21)14(13)7-5-4-6-10-20/h4-5,10,12-14,17H,3,6-9,11H2,1-2H3,(H,19,22)(H,23,24). The molecule has 0 aromatic rings. The molecule has 0 bridgehead atoms. The van der Waals surface area contributed by atoms with Crippen LogP contribution in [0.4, 0.5) is 0 Å². The molecule has 1 fully saturated rings. The normalized spacial score (nSPS) is 23.2. The summed E-state index contributed by atoms with van der Waals surface area (Å²) in [5.41, 5.74) is 0. The fourth-order valence-corrected chi connectivity index (χ4v) is 3.09. The molecule has 1 rings (SSSR count). The summed E-state index contributed by atoms with van der Waals surface area (Å²) in [5, 5.41) is 11.8. The highest BCUT2D eigenvalue weighted by molar-refractivity contribution is 5.87. The second kappa shape index (κ2) is 10.0. The van der Waals surface area contributed by atoms with Crippen LogP contribution in [0.5, 0.6) is 0 Å². The summed E-state index contributed by atoms with van der Waals surface area (Å²) in [6.45, 7) is 3.67. The summed E-state index contributed by atoms with van der Waals surface area (Å²) in [6, 6.07) is -0.898. The molecule has 0 aromatic heterocycles. The van der Waals surface area contributed by atoms with Crippen LogP contribution in [0.15, 0.2) is 12.2 Å². The van der Waals surface area contributed by atoms with Gasteiger partial charge >= 0.3 is 5.97 Å². The third-order valence-electron chi connectivity index (χ3n) is 4.78. The highest BCUT2D eigenvalue weighted by Crippen LogP contribution is 2.34. The van der Waals surface area contributed by atoms with Gasteiger partial charge in [0.05, 0.1) is 0 Å². The molecule has 1 aliphatic rings. The Hall–Kier alpha value is -1.98. The fourth-order valence-electron chi connectivity index (χ4n) is 3.09.